The molecular weight excluding hydrogens is 384 g/mol. The van der Waals surface area contributed by atoms with E-state index in [4.69, 9.17) is 0 Å². The van der Waals surface area contributed by atoms with E-state index in [9.17, 15) is 9.90 Å². The second kappa shape index (κ2) is 6.84. The first-order chi connectivity index (χ1) is 14.9. The Morgan fingerprint density at radius 3 is 2.52 bits per heavy atom. The highest BCUT2D eigenvalue weighted by Gasteiger charge is 2.67. The van der Waals surface area contributed by atoms with Crippen molar-refractivity contribution in [2.24, 2.45) is 16.2 Å². The zero-order valence-corrected chi connectivity index (χ0v) is 18.9. The van der Waals surface area contributed by atoms with Gasteiger partial charge in [-0.2, -0.15) is 0 Å². The Morgan fingerprint density at radius 2 is 1.90 bits per heavy atom. The molecular formula is C27H36N2O2. The van der Waals surface area contributed by atoms with Crippen LogP contribution in [-0.2, 0) is 0 Å². The first kappa shape index (κ1) is 19.8. The maximum atomic E-state index is 11.3. The van der Waals surface area contributed by atoms with Crippen molar-refractivity contribution in [3.05, 3.63) is 41.0 Å². The molecule has 1 atom stereocenters. The van der Waals surface area contributed by atoms with Crippen LogP contribution in [0.25, 0.3) is 0 Å². The summed E-state index contributed by atoms with van der Waals surface area (Å²) in [6.45, 7) is 5.50. The van der Waals surface area contributed by atoms with Crippen molar-refractivity contribution >= 4 is 11.7 Å². The first-order valence-electron chi connectivity index (χ1n) is 12.4. The third kappa shape index (κ3) is 3.16. The molecule has 166 valence electrons. The number of carbonyl (C=O) groups is 1. The fraction of sp³-hybridized carbons (Fsp3) is 0.667. The number of hydrogen-bond acceptors (Lipinski definition) is 3. The minimum Gasteiger partial charge on any atom is -0.478 e. The summed E-state index contributed by atoms with van der Waals surface area (Å²) in [5.74, 6) is -0.849. The van der Waals surface area contributed by atoms with E-state index in [-0.39, 0.29) is 0 Å². The number of hydrogen-bond donors (Lipinski definition) is 2. The van der Waals surface area contributed by atoms with E-state index in [1.165, 1.54) is 69.9 Å². The van der Waals surface area contributed by atoms with Gasteiger partial charge < -0.3 is 15.3 Å². The van der Waals surface area contributed by atoms with Crippen molar-refractivity contribution in [2.75, 3.05) is 24.5 Å². The zero-order chi connectivity index (χ0) is 21.3. The van der Waals surface area contributed by atoms with Gasteiger partial charge >= 0.3 is 5.97 Å². The molecule has 31 heavy (non-hydrogen) atoms. The summed E-state index contributed by atoms with van der Waals surface area (Å²) in [6.07, 6.45) is 14.0. The Balaban J connectivity index is 1.27. The maximum absolute atomic E-state index is 11.3. The second-order valence-corrected chi connectivity index (χ2v) is 11.8. The van der Waals surface area contributed by atoms with Gasteiger partial charge in [-0.1, -0.05) is 24.5 Å². The van der Waals surface area contributed by atoms with Crippen LogP contribution in [0.15, 0.2) is 35.4 Å². The minimum atomic E-state index is -0.849. The molecule has 1 aromatic rings. The SMILES string of the molecule is CC12CC(C3=C(CC4CNCCN4c4ccc(C(=O)O)cc4)CCC4(CCC4)C3)(C1)C2. The lowest BCUT2D eigenvalue weighted by Crippen LogP contribution is -2.62. The molecule has 6 aliphatic rings. The first-order valence-corrected chi connectivity index (χ1v) is 12.4. The number of carboxylic acid groups (broad SMARTS) is 1. The molecule has 4 heteroatoms. The van der Waals surface area contributed by atoms with Crippen LogP contribution in [-0.4, -0.2) is 36.8 Å². The van der Waals surface area contributed by atoms with E-state index < -0.39 is 5.97 Å². The molecule has 1 heterocycles. The molecule has 0 radical (unpaired) electrons. The van der Waals surface area contributed by atoms with Crippen LogP contribution in [0.1, 0.15) is 81.5 Å². The molecule has 1 aliphatic heterocycles. The van der Waals surface area contributed by atoms with Gasteiger partial charge in [0, 0.05) is 31.4 Å². The minimum absolute atomic E-state index is 0.371. The van der Waals surface area contributed by atoms with Gasteiger partial charge in [0.25, 0.3) is 0 Å². The van der Waals surface area contributed by atoms with Gasteiger partial charge in [0.1, 0.15) is 0 Å². The Labute approximate surface area is 186 Å². The Hall–Kier alpha value is -1.81. The lowest BCUT2D eigenvalue weighted by atomic mass is 9.32. The number of carboxylic acids is 1. The van der Waals surface area contributed by atoms with Gasteiger partial charge in [0.15, 0.2) is 0 Å². The van der Waals surface area contributed by atoms with Crippen LogP contribution in [0, 0.1) is 16.2 Å². The molecule has 1 saturated heterocycles. The topological polar surface area (TPSA) is 52.6 Å². The van der Waals surface area contributed by atoms with E-state index in [0.717, 1.165) is 19.6 Å². The van der Waals surface area contributed by atoms with Crippen molar-refractivity contribution in [3.63, 3.8) is 0 Å². The van der Waals surface area contributed by atoms with Crippen LogP contribution in [0.4, 0.5) is 5.69 Å². The van der Waals surface area contributed by atoms with Crippen molar-refractivity contribution < 1.29 is 9.90 Å². The van der Waals surface area contributed by atoms with Gasteiger partial charge in [-0.15, -0.1) is 0 Å². The average molecular weight is 421 g/mol. The van der Waals surface area contributed by atoms with Gasteiger partial charge in [-0.05, 0) is 98.3 Å². The number of piperazine rings is 1. The van der Waals surface area contributed by atoms with Crippen LogP contribution >= 0.6 is 0 Å². The molecule has 1 unspecified atom stereocenters. The third-order valence-electron chi connectivity index (χ3n) is 9.56. The predicted molar refractivity (Wildman–Crippen MR) is 124 cm³/mol. The van der Waals surface area contributed by atoms with Gasteiger partial charge in [-0.3, -0.25) is 0 Å². The number of benzene rings is 1. The summed E-state index contributed by atoms with van der Waals surface area (Å²) >= 11 is 0. The largest absolute Gasteiger partial charge is 0.478 e. The summed E-state index contributed by atoms with van der Waals surface area (Å²) in [5, 5.41) is 12.9. The predicted octanol–water partition coefficient (Wildman–Crippen LogP) is 5.39. The monoisotopic (exact) mass is 420 g/mol. The highest BCUT2D eigenvalue weighted by Crippen LogP contribution is 2.78. The molecule has 4 saturated carbocycles. The van der Waals surface area contributed by atoms with E-state index in [1.807, 2.05) is 17.7 Å². The van der Waals surface area contributed by atoms with Gasteiger partial charge in [-0.25, -0.2) is 4.79 Å². The van der Waals surface area contributed by atoms with E-state index in [2.05, 4.69) is 17.1 Å². The molecule has 4 nitrogen and oxygen atoms in total. The third-order valence-corrected chi connectivity index (χ3v) is 9.56. The second-order valence-electron chi connectivity index (χ2n) is 11.8. The fourth-order valence-corrected chi connectivity index (χ4v) is 8.03. The molecule has 2 N–H and O–H groups in total. The van der Waals surface area contributed by atoms with Gasteiger partial charge in [0.2, 0.25) is 0 Å². The molecule has 0 amide bonds. The summed E-state index contributed by atoms with van der Waals surface area (Å²) < 4.78 is 0. The summed E-state index contributed by atoms with van der Waals surface area (Å²) in [7, 11) is 0. The van der Waals surface area contributed by atoms with E-state index in [0.29, 0.717) is 27.9 Å². The molecule has 7 rings (SSSR count). The van der Waals surface area contributed by atoms with Gasteiger partial charge in [0.05, 0.1) is 5.56 Å². The number of anilines is 1. The van der Waals surface area contributed by atoms with Crippen LogP contribution < -0.4 is 10.2 Å². The summed E-state index contributed by atoms with van der Waals surface area (Å²) in [6, 6.07) is 7.98. The van der Waals surface area contributed by atoms with Crippen molar-refractivity contribution in [1.82, 2.24) is 5.32 Å². The smallest absolute Gasteiger partial charge is 0.335 e. The number of aromatic carboxylic acids is 1. The average Bonchev–Trinajstić information content (AvgIpc) is 2.70. The number of nitrogens with zero attached hydrogens (tertiary/aromatic N) is 1. The van der Waals surface area contributed by atoms with Crippen LogP contribution in [0.2, 0.25) is 0 Å². The number of allylic oxidation sites excluding steroid dienone is 1. The van der Waals surface area contributed by atoms with E-state index in [1.54, 1.807) is 17.7 Å². The maximum Gasteiger partial charge on any atom is 0.335 e. The summed E-state index contributed by atoms with van der Waals surface area (Å²) in [5.41, 5.74) is 7.12. The number of rotatable bonds is 5. The Bertz CT molecular complexity index is 907. The van der Waals surface area contributed by atoms with Crippen molar-refractivity contribution in [2.45, 2.75) is 77.2 Å². The highest BCUT2D eigenvalue weighted by molar-refractivity contribution is 5.88. The van der Waals surface area contributed by atoms with Crippen LogP contribution in [0.3, 0.4) is 0 Å². The fourth-order valence-electron chi connectivity index (χ4n) is 8.03. The zero-order valence-electron chi connectivity index (χ0n) is 18.9. The molecule has 5 aliphatic carbocycles. The Kier molecular flexibility index (Phi) is 4.38. The standard InChI is InChI=1S/C27H36N2O2/c1-25-16-27(17-25,18-25)23-14-26(8-2-9-26)10-7-20(23)13-22-15-28-11-12-29(22)21-5-3-19(4-6-21)24(30)31/h3-6,22,28H,2,7-18H2,1H3,(H,30,31). The lowest BCUT2D eigenvalue weighted by Gasteiger charge is -2.72. The highest BCUT2D eigenvalue weighted by atomic mass is 16.4. The normalized spacial score (nSPS) is 35.9. The van der Waals surface area contributed by atoms with Crippen LogP contribution in [0.5, 0.6) is 0 Å². The van der Waals surface area contributed by atoms with E-state index >= 15 is 0 Å². The number of nitrogens with one attached hydrogen (secondary N) is 1. The molecule has 0 aromatic heterocycles. The molecule has 1 spiro atoms. The quantitative estimate of drug-likeness (QED) is 0.627. The molecule has 2 bridgehead atoms. The molecule has 5 fully saturated rings. The lowest BCUT2D eigenvalue weighted by molar-refractivity contribution is -0.169. The van der Waals surface area contributed by atoms with Crippen molar-refractivity contribution in [3.8, 4) is 0 Å². The molecule has 1 aromatic carbocycles. The summed E-state index contributed by atoms with van der Waals surface area (Å²) in [4.78, 5) is 13.8. The Morgan fingerprint density at radius 1 is 1.16 bits per heavy atom. The van der Waals surface area contributed by atoms with Crippen molar-refractivity contribution in [1.29, 1.82) is 0 Å².